The van der Waals surface area contributed by atoms with Gasteiger partial charge in [-0.25, -0.2) is 4.98 Å². The van der Waals surface area contributed by atoms with E-state index in [1.165, 1.54) is 6.39 Å². The van der Waals surface area contributed by atoms with Crippen molar-refractivity contribution < 1.29 is 9.21 Å². The lowest BCUT2D eigenvalue weighted by atomic mass is 10.2. The molecule has 3 aromatic rings. The van der Waals surface area contributed by atoms with Crippen LogP contribution < -0.4 is 5.32 Å². The topological polar surface area (TPSA) is 110 Å². The summed E-state index contributed by atoms with van der Waals surface area (Å²) in [7, 11) is 0. The second-order valence-corrected chi connectivity index (χ2v) is 4.02. The second-order valence-electron chi connectivity index (χ2n) is 4.02. The van der Waals surface area contributed by atoms with Gasteiger partial charge in [0.1, 0.15) is 5.82 Å². The number of carbonyl (C=O) groups is 1. The molecule has 100 valence electrons. The zero-order chi connectivity index (χ0) is 13.9. The molecule has 0 fully saturated rings. The van der Waals surface area contributed by atoms with Crippen LogP contribution in [0.3, 0.4) is 0 Å². The fourth-order valence-electron chi connectivity index (χ4n) is 1.63. The highest BCUT2D eigenvalue weighted by Crippen LogP contribution is 2.19. The Morgan fingerprint density at radius 2 is 2.10 bits per heavy atom. The van der Waals surface area contributed by atoms with Gasteiger partial charge in [-0.1, -0.05) is 0 Å². The molecule has 0 unspecified atom stereocenters. The van der Waals surface area contributed by atoms with Gasteiger partial charge in [0.2, 0.25) is 18.1 Å². The van der Waals surface area contributed by atoms with Gasteiger partial charge in [0.05, 0.1) is 0 Å². The quantitative estimate of drug-likeness (QED) is 0.744. The Bertz CT molecular complexity index is 717. The van der Waals surface area contributed by atoms with Crippen LogP contribution in [0.5, 0.6) is 0 Å². The molecule has 2 heterocycles. The third kappa shape index (κ3) is 2.39. The molecule has 1 aromatic carbocycles. The first kappa shape index (κ1) is 12.0. The number of rotatable bonds is 3. The van der Waals surface area contributed by atoms with Crippen LogP contribution in [0.15, 0.2) is 35.1 Å². The summed E-state index contributed by atoms with van der Waals surface area (Å²) < 4.78 is 5.08. The lowest BCUT2D eigenvalue weighted by Gasteiger charge is -2.02. The van der Waals surface area contributed by atoms with E-state index in [0.717, 1.165) is 5.56 Å². The molecule has 3 rings (SSSR count). The number of aromatic amines is 1. The summed E-state index contributed by atoms with van der Waals surface area (Å²) in [6.07, 6.45) is 1.26. The first-order valence-electron chi connectivity index (χ1n) is 5.79. The average molecular weight is 270 g/mol. The van der Waals surface area contributed by atoms with Crippen LogP contribution in [0.4, 0.5) is 5.69 Å². The maximum absolute atomic E-state index is 11.8. The van der Waals surface area contributed by atoms with Crippen LogP contribution in [-0.4, -0.2) is 31.3 Å². The number of aromatic nitrogens is 5. The molecule has 0 spiro atoms. The maximum atomic E-state index is 11.8. The third-order valence-corrected chi connectivity index (χ3v) is 2.55. The highest BCUT2D eigenvalue weighted by Gasteiger charge is 2.11. The molecule has 1 amide bonds. The minimum atomic E-state index is -0.375. The van der Waals surface area contributed by atoms with Gasteiger partial charge >= 0.3 is 0 Å². The average Bonchev–Trinajstić information content (AvgIpc) is 3.10. The van der Waals surface area contributed by atoms with Crippen molar-refractivity contribution in [3.63, 3.8) is 0 Å². The molecule has 2 aromatic heterocycles. The summed E-state index contributed by atoms with van der Waals surface area (Å²) in [4.78, 5) is 15.8. The van der Waals surface area contributed by atoms with Crippen LogP contribution in [-0.2, 0) is 0 Å². The molecule has 8 nitrogen and oxygen atoms in total. The van der Waals surface area contributed by atoms with E-state index in [1.807, 2.05) is 0 Å². The molecule has 8 heteroatoms. The van der Waals surface area contributed by atoms with E-state index in [0.29, 0.717) is 17.4 Å². The lowest BCUT2D eigenvalue weighted by molar-refractivity contribution is 0.101. The third-order valence-electron chi connectivity index (χ3n) is 2.55. The molecule has 0 aliphatic carbocycles. The van der Waals surface area contributed by atoms with E-state index in [-0.39, 0.29) is 11.7 Å². The van der Waals surface area contributed by atoms with Gasteiger partial charge in [-0.3, -0.25) is 9.89 Å². The fourth-order valence-corrected chi connectivity index (χ4v) is 1.63. The predicted molar refractivity (Wildman–Crippen MR) is 68.8 cm³/mol. The normalized spacial score (nSPS) is 10.4. The number of H-pyrrole nitrogens is 1. The van der Waals surface area contributed by atoms with Crippen molar-refractivity contribution >= 4 is 11.6 Å². The van der Waals surface area contributed by atoms with E-state index < -0.39 is 0 Å². The van der Waals surface area contributed by atoms with Gasteiger partial charge in [0.25, 0.3) is 5.91 Å². The number of nitrogens with one attached hydrogen (secondary N) is 2. The first-order chi connectivity index (χ1) is 9.72. The van der Waals surface area contributed by atoms with E-state index in [4.69, 9.17) is 4.42 Å². The standard InChI is InChI=1S/C12H10N6O2/c1-7-14-10(17-16-7)11(19)15-9-4-2-8(3-5-9)12-18-13-6-20-12/h2-6H,1H3,(H,15,19)(H,14,16,17). The number of hydrogen-bond donors (Lipinski definition) is 2. The predicted octanol–water partition coefficient (Wildman–Crippen LogP) is 1.42. The van der Waals surface area contributed by atoms with Gasteiger partial charge in [-0.15, -0.1) is 15.3 Å². The Morgan fingerprint density at radius 1 is 1.30 bits per heavy atom. The number of hydrogen-bond acceptors (Lipinski definition) is 6. The number of carbonyl (C=O) groups excluding carboxylic acids is 1. The number of benzene rings is 1. The molecule has 0 bridgehead atoms. The summed E-state index contributed by atoms with van der Waals surface area (Å²) in [6, 6.07) is 7.01. The van der Waals surface area contributed by atoms with Crippen molar-refractivity contribution in [3.05, 3.63) is 42.3 Å². The van der Waals surface area contributed by atoms with Crippen LogP contribution in [0.2, 0.25) is 0 Å². The molecule has 0 saturated heterocycles. The smallest absolute Gasteiger partial charge is 0.295 e. The van der Waals surface area contributed by atoms with Crippen molar-refractivity contribution in [2.45, 2.75) is 6.92 Å². The highest BCUT2D eigenvalue weighted by atomic mass is 16.4. The van der Waals surface area contributed by atoms with Crippen LogP contribution in [0, 0.1) is 6.92 Å². The summed E-state index contributed by atoms with van der Waals surface area (Å²) >= 11 is 0. The van der Waals surface area contributed by atoms with Crippen molar-refractivity contribution in [1.82, 2.24) is 25.4 Å². The summed E-state index contributed by atoms with van der Waals surface area (Å²) in [5.41, 5.74) is 1.40. The molecule has 0 atom stereocenters. The van der Waals surface area contributed by atoms with Gasteiger partial charge in [0.15, 0.2) is 0 Å². The van der Waals surface area contributed by atoms with E-state index in [1.54, 1.807) is 31.2 Å². The van der Waals surface area contributed by atoms with E-state index in [9.17, 15) is 4.79 Å². The maximum Gasteiger partial charge on any atom is 0.295 e. The van der Waals surface area contributed by atoms with Gasteiger partial charge < -0.3 is 9.73 Å². The fraction of sp³-hybridized carbons (Fsp3) is 0.0833. The van der Waals surface area contributed by atoms with E-state index >= 15 is 0 Å². The molecule has 0 radical (unpaired) electrons. The number of aryl methyl sites for hydroxylation is 1. The van der Waals surface area contributed by atoms with Crippen molar-refractivity contribution in [3.8, 4) is 11.5 Å². The number of nitrogens with zero attached hydrogens (tertiary/aromatic N) is 4. The van der Waals surface area contributed by atoms with Crippen molar-refractivity contribution in [2.75, 3.05) is 5.32 Å². The van der Waals surface area contributed by atoms with Gasteiger partial charge in [0, 0.05) is 11.3 Å². The largest absolute Gasteiger partial charge is 0.423 e. The Balaban J connectivity index is 1.74. The molecule has 2 N–H and O–H groups in total. The SMILES string of the molecule is Cc1nc(C(=O)Nc2ccc(-c3nnco3)cc2)n[nH]1. The van der Waals surface area contributed by atoms with Crippen LogP contribution >= 0.6 is 0 Å². The molecule has 20 heavy (non-hydrogen) atoms. The molecular weight excluding hydrogens is 260 g/mol. The van der Waals surface area contributed by atoms with Crippen molar-refractivity contribution in [1.29, 1.82) is 0 Å². The summed E-state index contributed by atoms with van der Waals surface area (Å²) in [6.45, 7) is 1.73. The minimum Gasteiger partial charge on any atom is -0.423 e. The first-order valence-corrected chi connectivity index (χ1v) is 5.79. The Kier molecular flexibility index (Phi) is 2.96. The Labute approximate surface area is 113 Å². The molecule has 0 aliphatic heterocycles. The molecule has 0 saturated carbocycles. The zero-order valence-electron chi connectivity index (χ0n) is 10.5. The highest BCUT2D eigenvalue weighted by molar-refractivity contribution is 6.01. The van der Waals surface area contributed by atoms with Crippen molar-refractivity contribution in [2.24, 2.45) is 0 Å². The van der Waals surface area contributed by atoms with Crippen LogP contribution in [0.1, 0.15) is 16.4 Å². The summed E-state index contributed by atoms with van der Waals surface area (Å²) in [5.74, 6) is 0.734. The molecule has 0 aliphatic rings. The van der Waals surface area contributed by atoms with E-state index in [2.05, 4.69) is 30.7 Å². The van der Waals surface area contributed by atoms with Crippen LogP contribution in [0.25, 0.3) is 11.5 Å². The second kappa shape index (κ2) is 4.92. The Morgan fingerprint density at radius 3 is 2.70 bits per heavy atom. The van der Waals surface area contributed by atoms with Gasteiger partial charge in [-0.05, 0) is 31.2 Å². The zero-order valence-corrected chi connectivity index (χ0v) is 10.5. The monoisotopic (exact) mass is 270 g/mol. The number of anilines is 1. The minimum absolute atomic E-state index is 0.100. The number of amides is 1. The lowest BCUT2D eigenvalue weighted by Crippen LogP contribution is -2.13. The summed E-state index contributed by atoms with van der Waals surface area (Å²) in [5, 5.41) is 16.5. The molecular formula is C12H10N6O2. The Hall–Kier alpha value is -3.03. The van der Waals surface area contributed by atoms with Gasteiger partial charge in [-0.2, -0.15) is 0 Å².